The molecule has 1 N–H and O–H groups in total. The van der Waals surface area contributed by atoms with Gasteiger partial charge in [0.25, 0.3) is 0 Å². The highest BCUT2D eigenvalue weighted by molar-refractivity contribution is 5.82. The van der Waals surface area contributed by atoms with Gasteiger partial charge in [0.2, 0.25) is 11.3 Å². The van der Waals surface area contributed by atoms with E-state index >= 15 is 0 Å². The SMILES string of the molecule is O=C(CCn1ncc(=O)c2ccccc21)NCC(=O)OCc1ccccc1. The number of esters is 1. The van der Waals surface area contributed by atoms with Crippen molar-refractivity contribution in [2.24, 2.45) is 0 Å². The Labute approximate surface area is 155 Å². The van der Waals surface area contributed by atoms with Crippen molar-refractivity contribution < 1.29 is 14.3 Å². The van der Waals surface area contributed by atoms with Crippen LogP contribution in [0.15, 0.2) is 65.6 Å². The van der Waals surface area contributed by atoms with Crippen LogP contribution in [0.4, 0.5) is 0 Å². The first-order valence-corrected chi connectivity index (χ1v) is 8.54. The van der Waals surface area contributed by atoms with Crippen molar-refractivity contribution >= 4 is 22.8 Å². The lowest BCUT2D eigenvalue weighted by Crippen LogP contribution is -2.31. The van der Waals surface area contributed by atoms with Crippen LogP contribution < -0.4 is 10.7 Å². The Morgan fingerprint density at radius 3 is 2.59 bits per heavy atom. The Bertz CT molecular complexity index is 999. The summed E-state index contributed by atoms with van der Waals surface area (Å²) in [5.74, 6) is -0.796. The smallest absolute Gasteiger partial charge is 0.325 e. The summed E-state index contributed by atoms with van der Waals surface area (Å²) in [6.45, 7) is 0.276. The van der Waals surface area contributed by atoms with Crippen LogP contribution in [0.1, 0.15) is 12.0 Å². The lowest BCUT2D eigenvalue weighted by molar-refractivity contribution is -0.145. The zero-order chi connectivity index (χ0) is 19.1. The average Bonchev–Trinajstić information content (AvgIpc) is 2.71. The molecule has 3 rings (SSSR count). The topological polar surface area (TPSA) is 90.3 Å². The van der Waals surface area contributed by atoms with Crippen LogP contribution in [0, 0.1) is 0 Å². The van der Waals surface area contributed by atoms with E-state index in [4.69, 9.17) is 4.74 Å². The second-order valence-corrected chi connectivity index (χ2v) is 5.92. The van der Waals surface area contributed by atoms with Gasteiger partial charge in [-0.15, -0.1) is 0 Å². The maximum absolute atomic E-state index is 12.0. The largest absolute Gasteiger partial charge is 0.460 e. The minimum atomic E-state index is -0.501. The molecule has 0 saturated heterocycles. The molecule has 7 nitrogen and oxygen atoms in total. The molecule has 3 aromatic rings. The molecule has 1 amide bonds. The van der Waals surface area contributed by atoms with Crippen LogP contribution in [0.5, 0.6) is 0 Å². The number of rotatable bonds is 7. The van der Waals surface area contributed by atoms with E-state index in [0.717, 1.165) is 5.56 Å². The molecule has 0 spiro atoms. The Balaban J connectivity index is 1.47. The van der Waals surface area contributed by atoms with Gasteiger partial charge in [-0.25, -0.2) is 0 Å². The molecule has 0 atom stereocenters. The summed E-state index contributed by atoms with van der Waals surface area (Å²) in [4.78, 5) is 35.5. The number of aromatic nitrogens is 2. The molecule has 0 unspecified atom stereocenters. The Morgan fingerprint density at radius 2 is 1.78 bits per heavy atom. The van der Waals surface area contributed by atoms with E-state index in [1.54, 1.807) is 22.9 Å². The van der Waals surface area contributed by atoms with Crippen molar-refractivity contribution in [3.05, 3.63) is 76.6 Å². The van der Waals surface area contributed by atoms with E-state index in [0.29, 0.717) is 17.4 Å². The number of benzene rings is 2. The van der Waals surface area contributed by atoms with Gasteiger partial charge < -0.3 is 10.1 Å². The lowest BCUT2D eigenvalue weighted by Gasteiger charge is -2.09. The second-order valence-electron chi connectivity index (χ2n) is 5.92. The zero-order valence-corrected chi connectivity index (χ0v) is 14.6. The maximum Gasteiger partial charge on any atom is 0.325 e. The standard InChI is InChI=1S/C20H19N3O4/c24-18-12-22-23(17-9-5-4-8-16(17)18)11-10-19(25)21-13-20(26)27-14-15-6-2-1-3-7-15/h1-9,12H,10-11,13-14H2,(H,21,25). The van der Waals surface area contributed by atoms with Gasteiger partial charge in [-0.1, -0.05) is 42.5 Å². The molecule has 138 valence electrons. The number of hydrogen-bond acceptors (Lipinski definition) is 5. The van der Waals surface area contributed by atoms with Crippen molar-refractivity contribution in [2.45, 2.75) is 19.6 Å². The summed E-state index contributed by atoms with van der Waals surface area (Å²) in [5, 5.41) is 7.15. The summed E-state index contributed by atoms with van der Waals surface area (Å²) in [7, 11) is 0. The molecule has 1 aromatic heterocycles. The van der Waals surface area contributed by atoms with Crippen molar-refractivity contribution in [1.29, 1.82) is 0 Å². The maximum atomic E-state index is 12.0. The molecule has 0 aliphatic carbocycles. The molecule has 27 heavy (non-hydrogen) atoms. The highest BCUT2D eigenvalue weighted by Gasteiger charge is 2.09. The van der Waals surface area contributed by atoms with Crippen LogP contribution in [0.3, 0.4) is 0 Å². The molecule has 0 fully saturated rings. The summed E-state index contributed by atoms with van der Waals surface area (Å²) >= 11 is 0. The first kappa shape index (κ1) is 18.3. The number of carbonyl (C=O) groups is 2. The van der Waals surface area contributed by atoms with E-state index in [-0.39, 0.29) is 30.9 Å². The number of hydrogen-bond donors (Lipinski definition) is 1. The minimum Gasteiger partial charge on any atom is -0.460 e. The molecule has 0 saturated carbocycles. The number of aryl methyl sites for hydroxylation is 1. The third-order valence-electron chi connectivity index (χ3n) is 3.99. The van der Waals surface area contributed by atoms with Crippen LogP contribution in [0.25, 0.3) is 10.9 Å². The summed E-state index contributed by atoms with van der Waals surface area (Å²) in [6.07, 6.45) is 1.37. The first-order chi connectivity index (χ1) is 13.1. The van der Waals surface area contributed by atoms with Crippen molar-refractivity contribution in [3.8, 4) is 0 Å². The van der Waals surface area contributed by atoms with Crippen LogP contribution in [-0.4, -0.2) is 28.2 Å². The van der Waals surface area contributed by atoms with Gasteiger partial charge in [-0.05, 0) is 17.7 Å². The fourth-order valence-electron chi connectivity index (χ4n) is 2.59. The van der Waals surface area contributed by atoms with Gasteiger partial charge in [0, 0.05) is 11.8 Å². The molecule has 1 heterocycles. The van der Waals surface area contributed by atoms with E-state index in [1.165, 1.54) is 6.20 Å². The summed E-state index contributed by atoms with van der Waals surface area (Å²) < 4.78 is 6.71. The number of ether oxygens (including phenoxy) is 1. The van der Waals surface area contributed by atoms with E-state index in [9.17, 15) is 14.4 Å². The molecule has 2 aromatic carbocycles. The Kier molecular flexibility index (Phi) is 5.94. The normalized spacial score (nSPS) is 10.5. The lowest BCUT2D eigenvalue weighted by atomic mass is 10.2. The molecular weight excluding hydrogens is 346 g/mol. The van der Waals surface area contributed by atoms with E-state index < -0.39 is 5.97 Å². The predicted octanol–water partition coefficient (Wildman–Crippen LogP) is 1.65. The highest BCUT2D eigenvalue weighted by Crippen LogP contribution is 2.08. The highest BCUT2D eigenvalue weighted by atomic mass is 16.5. The van der Waals surface area contributed by atoms with Crippen LogP contribution in [0.2, 0.25) is 0 Å². The van der Waals surface area contributed by atoms with Gasteiger partial charge in [-0.3, -0.25) is 19.1 Å². The first-order valence-electron chi connectivity index (χ1n) is 8.54. The van der Waals surface area contributed by atoms with Crippen molar-refractivity contribution in [3.63, 3.8) is 0 Å². The molecule has 0 radical (unpaired) electrons. The van der Waals surface area contributed by atoms with Gasteiger partial charge in [0.1, 0.15) is 13.2 Å². The molecule has 0 bridgehead atoms. The van der Waals surface area contributed by atoms with Gasteiger partial charge in [0.05, 0.1) is 18.3 Å². The molecule has 0 aliphatic rings. The third kappa shape index (κ3) is 5.01. The monoisotopic (exact) mass is 365 g/mol. The summed E-state index contributed by atoms with van der Waals surface area (Å²) in [5.41, 5.74) is 1.39. The van der Waals surface area contributed by atoms with E-state index in [2.05, 4.69) is 10.4 Å². The van der Waals surface area contributed by atoms with Crippen molar-refractivity contribution in [1.82, 2.24) is 15.1 Å². The minimum absolute atomic E-state index is 0.131. The van der Waals surface area contributed by atoms with Crippen LogP contribution in [-0.2, 0) is 27.5 Å². The predicted molar refractivity (Wildman–Crippen MR) is 99.9 cm³/mol. The Morgan fingerprint density at radius 1 is 1.04 bits per heavy atom. The summed E-state index contributed by atoms with van der Waals surface area (Å²) in [6, 6.07) is 16.4. The fraction of sp³-hybridized carbons (Fsp3) is 0.200. The average molecular weight is 365 g/mol. The molecule has 7 heteroatoms. The number of fused-ring (bicyclic) bond motifs is 1. The van der Waals surface area contributed by atoms with Crippen molar-refractivity contribution in [2.75, 3.05) is 6.54 Å². The number of para-hydroxylation sites is 1. The number of nitrogens with one attached hydrogen (secondary N) is 1. The van der Waals surface area contributed by atoms with Crippen LogP contribution >= 0.6 is 0 Å². The second kappa shape index (κ2) is 8.75. The number of carbonyl (C=O) groups excluding carboxylic acids is 2. The molecular formula is C20H19N3O4. The quantitative estimate of drug-likeness (QED) is 0.643. The Hall–Kier alpha value is -3.48. The molecule has 0 aliphatic heterocycles. The van der Waals surface area contributed by atoms with Gasteiger partial charge in [-0.2, -0.15) is 5.10 Å². The zero-order valence-electron chi connectivity index (χ0n) is 14.6. The third-order valence-corrected chi connectivity index (χ3v) is 3.99. The van der Waals surface area contributed by atoms with Gasteiger partial charge in [0.15, 0.2) is 0 Å². The number of amides is 1. The van der Waals surface area contributed by atoms with Gasteiger partial charge >= 0.3 is 5.97 Å². The van der Waals surface area contributed by atoms with E-state index in [1.807, 2.05) is 36.4 Å². The number of nitrogens with zero attached hydrogens (tertiary/aromatic N) is 2. The fourth-order valence-corrected chi connectivity index (χ4v) is 2.59.